The van der Waals surface area contributed by atoms with Gasteiger partial charge in [-0.25, -0.2) is 0 Å². The summed E-state index contributed by atoms with van der Waals surface area (Å²) in [6.07, 6.45) is -3.23. The van der Waals surface area contributed by atoms with Crippen LogP contribution in [0, 0.1) is 18.8 Å². The van der Waals surface area contributed by atoms with Crippen molar-refractivity contribution in [3.63, 3.8) is 0 Å². The third-order valence-corrected chi connectivity index (χ3v) is 5.08. The van der Waals surface area contributed by atoms with E-state index in [1.54, 1.807) is 11.3 Å². The first-order valence-corrected chi connectivity index (χ1v) is 8.12. The molecule has 2 heterocycles. The van der Waals surface area contributed by atoms with Gasteiger partial charge >= 0.3 is 12.1 Å². The van der Waals surface area contributed by atoms with Gasteiger partial charge in [-0.05, 0) is 31.9 Å². The number of rotatable bonds is 5. The number of likely N-dealkylation sites (tertiary alicyclic amines) is 1. The standard InChI is InChI=1S/C15H18F3NO3S/c1-9-5-6-10(23-9)3-2-4-13(20)19-7-11(14(21)22)12(8-19)15(16,17)18/h5-6,11-12H,2-4,7-8H2,1H3,(H,21,22)/t11-,12-/m1/s1. The van der Waals surface area contributed by atoms with E-state index in [0.29, 0.717) is 12.8 Å². The van der Waals surface area contributed by atoms with Crippen LogP contribution in [0.4, 0.5) is 13.2 Å². The fraction of sp³-hybridized carbons (Fsp3) is 0.600. The summed E-state index contributed by atoms with van der Waals surface area (Å²) < 4.78 is 38.7. The fourth-order valence-electron chi connectivity index (χ4n) is 2.78. The van der Waals surface area contributed by atoms with Crippen molar-refractivity contribution in [1.29, 1.82) is 0 Å². The van der Waals surface area contributed by atoms with E-state index in [-0.39, 0.29) is 13.0 Å². The molecule has 0 bridgehead atoms. The Balaban J connectivity index is 1.88. The van der Waals surface area contributed by atoms with Gasteiger partial charge in [-0.1, -0.05) is 0 Å². The van der Waals surface area contributed by atoms with E-state index in [1.165, 1.54) is 4.88 Å². The predicted molar refractivity (Wildman–Crippen MR) is 79.2 cm³/mol. The van der Waals surface area contributed by atoms with Gasteiger partial charge in [-0.3, -0.25) is 9.59 Å². The molecule has 0 saturated carbocycles. The van der Waals surface area contributed by atoms with Crippen LogP contribution in [0.1, 0.15) is 22.6 Å². The molecule has 2 rings (SSSR count). The van der Waals surface area contributed by atoms with Crippen LogP contribution in [-0.4, -0.2) is 41.1 Å². The Kier molecular flexibility index (Phi) is 5.33. The minimum atomic E-state index is -4.60. The molecule has 1 aliphatic rings. The first-order valence-electron chi connectivity index (χ1n) is 7.31. The van der Waals surface area contributed by atoms with Crippen molar-refractivity contribution in [2.24, 2.45) is 11.8 Å². The van der Waals surface area contributed by atoms with Gasteiger partial charge in [0.25, 0.3) is 0 Å². The topological polar surface area (TPSA) is 57.6 Å². The summed E-state index contributed by atoms with van der Waals surface area (Å²) in [5.74, 6) is -5.46. The first-order chi connectivity index (χ1) is 10.7. The summed E-state index contributed by atoms with van der Waals surface area (Å²) in [6, 6.07) is 3.95. The van der Waals surface area contributed by atoms with Gasteiger partial charge in [-0.2, -0.15) is 13.2 Å². The number of amides is 1. The van der Waals surface area contributed by atoms with Crippen LogP contribution in [0.3, 0.4) is 0 Å². The second kappa shape index (κ2) is 6.90. The second-order valence-corrected chi connectivity index (χ2v) is 7.13. The molecule has 1 N–H and O–H groups in total. The monoisotopic (exact) mass is 349 g/mol. The second-order valence-electron chi connectivity index (χ2n) is 5.76. The number of carboxylic acids is 1. The highest BCUT2D eigenvalue weighted by molar-refractivity contribution is 7.11. The average molecular weight is 349 g/mol. The molecule has 2 atom stereocenters. The highest BCUT2D eigenvalue weighted by atomic mass is 32.1. The summed E-state index contributed by atoms with van der Waals surface area (Å²) in [4.78, 5) is 26.4. The molecule has 0 aromatic carbocycles. The number of carbonyl (C=O) groups is 2. The molecule has 0 unspecified atom stereocenters. The van der Waals surface area contributed by atoms with Crippen molar-refractivity contribution in [1.82, 2.24) is 4.90 Å². The lowest BCUT2D eigenvalue weighted by atomic mass is 9.96. The Morgan fingerprint density at radius 3 is 2.52 bits per heavy atom. The zero-order chi connectivity index (χ0) is 17.2. The zero-order valence-electron chi connectivity index (χ0n) is 12.6. The summed E-state index contributed by atoms with van der Waals surface area (Å²) in [6.45, 7) is 1.06. The van der Waals surface area contributed by atoms with E-state index < -0.39 is 36.4 Å². The molecule has 4 nitrogen and oxygen atoms in total. The molecule has 1 aromatic rings. The number of alkyl halides is 3. The maximum Gasteiger partial charge on any atom is 0.394 e. The van der Waals surface area contributed by atoms with Gasteiger partial charge in [0.1, 0.15) is 0 Å². The molecule has 128 valence electrons. The van der Waals surface area contributed by atoms with Crippen LogP contribution in [-0.2, 0) is 16.0 Å². The van der Waals surface area contributed by atoms with Crippen LogP contribution < -0.4 is 0 Å². The lowest BCUT2D eigenvalue weighted by Crippen LogP contribution is -2.34. The van der Waals surface area contributed by atoms with Crippen molar-refractivity contribution in [3.05, 3.63) is 21.9 Å². The van der Waals surface area contributed by atoms with Gasteiger partial charge in [0.05, 0.1) is 11.8 Å². The number of aryl methyl sites for hydroxylation is 2. The van der Waals surface area contributed by atoms with Crippen LogP contribution in [0.15, 0.2) is 12.1 Å². The number of halogens is 3. The molecular weight excluding hydrogens is 331 g/mol. The maximum atomic E-state index is 12.9. The van der Waals surface area contributed by atoms with Crippen LogP contribution in [0.5, 0.6) is 0 Å². The molecule has 1 amide bonds. The molecule has 1 aromatic heterocycles. The molecule has 1 aliphatic heterocycles. The third-order valence-electron chi connectivity index (χ3n) is 4.02. The molecule has 0 radical (unpaired) electrons. The smallest absolute Gasteiger partial charge is 0.394 e. The lowest BCUT2D eigenvalue weighted by molar-refractivity contribution is -0.188. The van der Waals surface area contributed by atoms with Crippen molar-refractivity contribution in [3.8, 4) is 0 Å². The summed E-state index contributed by atoms with van der Waals surface area (Å²) in [7, 11) is 0. The minimum Gasteiger partial charge on any atom is -0.481 e. The molecule has 0 spiro atoms. The first kappa shape index (κ1) is 17.8. The quantitative estimate of drug-likeness (QED) is 0.889. The number of thiophene rings is 1. The van der Waals surface area contributed by atoms with Gasteiger partial charge in [0, 0.05) is 29.3 Å². The van der Waals surface area contributed by atoms with Gasteiger partial charge in [-0.15, -0.1) is 11.3 Å². The summed E-state index contributed by atoms with van der Waals surface area (Å²) >= 11 is 1.63. The molecule has 1 fully saturated rings. The minimum absolute atomic E-state index is 0.133. The number of carboxylic acid groups (broad SMARTS) is 1. The zero-order valence-corrected chi connectivity index (χ0v) is 13.4. The van der Waals surface area contributed by atoms with Crippen molar-refractivity contribution < 1.29 is 27.9 Å². The van der Waals surface area contributed by atoms with Gasteiger partial charge < -0.3 is 10.0 Å². The van der Waals surface area contributed by atoms with Crippen molar-refractivity contribution in [2.45, 2.75) is 32.4 Å². The Morgan fingerprint density at radius 1 is 1.35 bits per heavy atom. The molecule has 0 aliphatic carbocycles. The number of carbonyl (C=O) groups excluding carboxylic acids is 1. The maximum absolute atomic E-state index is 12.9. The Morgan fingerprint density at radius 2 is 2.04 bits per heavy atom. The largest absolute Gasteiger partial charge is 0.481 e. The molecular formula is C15H18F3NO3S. The van der Waals surface area contributed by atoms with E-state index in [1.807, 2.05) is 19.1 Å². The van der Waals surface area contributed by atoms with E-state index in [0.717, 1.165) is 9.78 Å². The summed E-state index contributed by atoms with van der Waals surface area (Å²) in [5, 5.41) is 8.94. The molecule has 23 heavy (non-hydrogen) atoms. The van der Waals surface area contributed by atoms with E-state index >= 15 is 0 Å². The number of aliphatic carboxylic acids is 1. The molecule has 8 heteroatoms. The number of hydrogen-bond donors (Lipinski definition) is 1. The Bertz CT molecular complexity index is 585. The van der Waals surface area contributed by atoms with E-state index in [4.69, 9.17) is 5.11 Å². The fourth-order valence-corrected chi connectivity index (χ4v) is 3.71. The summed E-state index contributed by atoms with van der Waals surface area (Å²) in [5.41, 5.74) is 0. The Hall–Kier alpha value is -1.57. The number of nitrogens with zero attached hydrogens (tertiary/aromatic N) is 1. The molecule has 1 saturated heterocycles. The van der Waals surface area contributed by atoms with Crippen molar-refractivity contribution in [2.75, 3.05) is 13.1 Å². The van der Waals surface area contributed by atoms with Gasteiger partial charge in [0.2, 0.25) is 5.91 Å². The van der Waals surface area contributed by atoms with Crippen LogP contribution in [0.25, 0.3) is 0 Å². The normalized spacial score (nSPS) is 21.7. The average Bonchev–Trinajstić information content (AvgIpc) is 3.04. The number of hydrogen-bond acceptors (Lipinski definition) is 3. The Labute approximate surface area is 135 Å². The highest BCUT2D eigenvalue weighted by Gasteiger charge is 2.53. The van der Waals surface area contributed by atoms with Crippen LogP contribution in [0.2, 0.25) is 0 Å². The highest BCUT2D eigenvalue weighted by Crippen LogP contribution is 2.38. The SMILES string of the molecule is Cc1ccc(CCCC(=O)N2C[C@@H](C(F)(F)F)[C@H](C(=O)O)C2)s1. The third kappa shape index (κ3) is 4.46. The van der Waals surface area contributed by atoms with Crippen LogP contribution >= 0.6 is 11.3 Å². The van der Waals surface area contributed by atoms with E-state index in [2.05, 4.69) is 0 Å². The predicted octanol–water partition coefficient (Wildman–Crippen LogP) is 3.10. The van der Waals surface area contributed by atoms with E-state index in [9.17, 15) is 22.8 Å². The lowest BCUT2D eigenvalue weighted by Gasteiger charge is -2.18. The van der Waals surface area contributed by atoms with Gasteiger partial charge in [0.15, 0.2) is 0 Å². The van der Waals surface area contributed by atoms with Crippen molar-refractivity contribution >= 4 is 23.2 Å².